The van der Waals surface area contributed by atoms with Crippen LogP contribution in [0.1, 0.15) is 51.9 Å². The Morgan fingerprint density at radius 2 is 1.91 bits per heavy atom. The summed E-state index contributed by atoms with van der Waals surface area (Å²) in [6.45, 7) is 10.1. The molecule has 0 saturated heterocycles. The first-order chi connectivity index (χ1) is 15.3. The van der Waals surface area contributed by atoms with Gasteiger partial charge in [0.15, 0.2) is 0 Å². The Labute approximate surface area is 189 Å². The van der Waals surface area contributed by atoms with Gasteiger partial charge >= 0.3 is 6.09 Å². The van der Waals surface area contributed by atoms with E-state index < -0.39 is 6.09 Å². The fourth-order valence-corrected chi connectivity index (χ4v) is 3.64. The number of aromatic nitrogens is 2. The molecule has 2 aromatic carbocycles. The highest BCUT2D eigenvalue weighted by Gasteiger charge is 2.24. The lowest BCUT2D eigenvalue weighted by molar-refractivity contribution is 0.118. The van der Waals surface area contributed by atoms with Crippen LogP contribution in [-0.4, -0.2) is 28.9 Å². The minimum Gasteiger partial charge on any atom is -0.494 e. The Hall–Kier alpha value is -3.02. The van der Waals surface area contributed by atoms with Gasteiger partial charge in [0.1, 0.15) is 11.6 Å². The monoisotopic (exact) mass is 435 g/mol. The Balaban J connectivity index is 1.54. The molecule has 6 nitrogen and oxygen atoms in total. The maximum absolute atomic E-state index is 12.2. The first-order valence-corrected chi connectivity index (χ1v) is 11.5. The van der Waals surface area contributed by atoms with E-state index in [1.54, 1.807) is 0 Å². The van der Waals surface area contributed by atoms with Crippen molar-refractivity contribution in [1.82, 2.24) is 9.55 Å². The summed E-state index contributed by atoms with van der Waals surface area (Å²) in [6, 6.07) is 14.1. The summed E-state index contributed by atoms with van der Waals surface area (Å²) in [6.07, 6.45) is 2.87. The minimum atomic E-state index is -0.439. The van der Waals surface area contributed by atoms with Crippen LogP contribution in [-0.2, 0) is 17.7 Å². The topological polar surface area (TPSA) is 65.4 Å². The van der Waals surface area contributed by atoms with Crippen molar-refractivity contribution in [3.05, 3.63) is 53.9 Å². The molecule has 0 spiro atoms. The maximum atomic E-state index is 12.2. The fraction of sp³-hybridized carbons (Fsp3) is 0.462. The van der Waals surface area contributed by atoms with Crippen LogP contribution in [0.2, 0.25) is 0 Å². The number of amides is 1. The summed E-state index contributed by atoms with van der Waals surface area (Å²) < 4.78 is 13.2. The number of hydrogen-bond acceptors (Lipinski definition) is 4. The van der Waals surface area contributed by atoms with Gasteiger partial charge < -0.3 is 14.0 Å². The molecule has 1 amide bonds. The minimum absolute atomic E-state index is 0.0708. The molecule has 4 rings (SSSR count). The van der Waals surface area contributed by atoms with E-state index in [1.165, 1.54) is 18.4 Å². The molecule has 0 radical (unpaired) electrons. The average Bonchev–Trinajstić information content (AvgIpc) is 3.50. The number of carbonyl (C=O) groups is 1. The Kier molecular flexibility index (Phi) is 6.40. The number of benzene rings is 2. The van der Waals surface area contributed by atoms with Gasteiger partial charge in [-0.1, -0.05) is 32.9 Å². The third-order valence-corrected chi connectivity index (χ3v) is 5.44. The number of ether oxygens (including phenoxy) is 2. The number of anilines is 1. The van der Waals surface area contributed by atoms with Gasteiger partial charge in [-0.25, -0.2) is 9.78 Å². The van der Waals surface area contributed by atoms with Crippen molar-refractivity contribution in [2.45, 2.75) is 53.5 Å². The Morgan fingerprint density at radius 1 is 1.16 bits per heavy atom. The summed E-state index contributed by atoms with van der Waals surface area (Å²) in [5.74, 6) is 2.66. The van der Waals surface area contributed by atoms with Crippen LogP contribution < -0.4 is 10.1 Å². The quantitative estimate of drug-likeness (QED) is 0.469. The third-order valence-electron chi connectivity index (χ3n) is 5.44. The number of imidazole rings is 1. The third kappa shape index (κ3) is 5.81. The van der Waals surface area contributed by atoms with Crippen molar-refractivity contribution in [2.24, 2.45) is 11.3 Å². The summed E-state index contributed by atoms with van der Waals surface area (Å²) in [7, 11) is 0. The van der Waals surface area contributed by atoms with Gasteiger partial charge in [-0.3, -0.25) is 5.32 Å². The molecule has 1 fully saturated rings. The van der Waals surface area contributed by atoms with Crippen molar-refractivity contribution in [3.8, 4) is 5.75 Å². The van der Waals surface area contributed by atoms with Crippen LogP contribution >= 0.6 is 0 Å². The molecule has 1 aromatic heterocycles. The molecule has 0 atom stereocenters. The van der Waals surface area contributed by atoms with Gasteiger partial charge in [-0.05, 0) is 67.0 Å². The molecule has 1 heterocycles. The first kappa shape index (κ1) is 22.2. The summed E-state index contributed by atoms with van der Waals surface area (Å²) in [5, 5.41) is 2.83. The van der Waals surface area contributed by atoms with E-state index in [-0.39, 0.29) is 5.41 Å². The zero-order chi connectivity index (χ0) is 22.7. The van der Waals surface area contributed by atoms with Gasteiger partial charge in [0.25, 0.3) is 0 Å². The lowest BCUT2D eigenvalue weighted by atomic mass is 9.99. The highest BCUT2D eigenvalue weighted by molar-refractivity contribution is 5.89. The van der Waals surface area contributed by atoms with Crippen LogP contribution in [0.25, 0.3) is 11.0 Å². The van der Waals surface area contributed by atoms with E-state index in [1.807, 2.05) is 58.0 Å². The molecule has 32 heavy (non-hydrogen) atoms. The van der Waals surface area contributed by atoms with Gasteiger partial charge in [0.05, 0.1) is 24.2 Å². The molecular weight excluding hydrogens is 402 g/mol. The standard InChI is InChI=1S/C26H33N3O3/c1-5-31-21-11-8-18(9-12-21)14-24-28-22-15-20(27-25(30)32-17-26(2,3)4)10-13-23(22)29(24)16-19-6-7-19/h8-13,15,19H,5-7,14,16-17H2,1-4H3,(H,27,30). The maximum Gasteiger partial charge on any atom is 0.411 e. The van der Waals surface area contributed by atoms with E-state index in [0.29, 0.717) is 18.9 Å². The fourth-order valence-electron chi connectivity index (χ4n) is 3.64. The summed E-state index contributed by atoms with van der Waals surface area (Å²) >= 11 is 0. The van der Waals surface area contributed by atoms with Crippen molar-refractivity contribution < 1.29 is 14.3 Å². The molecule has 1 N–H and O–H groups in total. The Morgan fingerprint density at radius 3 is 2.56 bits per heavy atom. The highest BCUT2D eigenvalue weighted by Crippen LogP contribution is 2.33. The predicted molar refractivity (Wildman–Crippen MR) is 127 cm³/mol. The van der Waals surface area contributed by atoms with E-state index in [4.69, 9.17) is 14.5 Å². The molecule has 0 unspecified atom stereocenters. The van der Waals surface area contributed by atoms with E-state index in [0.717, 1.165) is 41.5 Å². The van der Waals surface area contributed by atoms with Crippen molar-refractivity contribution in [2.75, 3.05) is 18.5 Å². The Bertz CT molecular complexity index is 1080. The van der Waals surface area contributed by atoms with Gasteiger partial charge in [-0.2, -0.15) is 0 Å². The second kappa shape index (κ2) is 9.23. The van der Waals surface area contributed by atoms with Crippen LogP contribution in [0, 0.1) is 11.3 Å². The zero-order valence-corrected chi connectivity index (χ0v) is 19.5. The molecule has 6 heteroatoms. The molecule has 1 aliphatic rings. The largest absolute Gasteiger partial charge is 0.494 e. The highest BCUT2D eigenvalue weighted by atomic mass is 16.5. The van der Waals surface area contributed by atoms with Gasteiger partial charge in [0, 0.05) is 18.7 Å². The van der Waals surface area contributed by atoms with E-state index in [9.17, 15) is 4.79 Å². The number of nitrogens with one attached hydrogen (secondary N) is 1. The molecule has 0 aliphatic heterocycles. The van der Waals surface area contributed by atoms with Crippen LogP contribution in [0.5, 0.6) is 5.75 Å². The summed E-state index contributed by atoms with van der Waals surface area (Å²) in [4.78, 5) is 17.1. The predicted octanol–water partition coefficient (Wildman–Crippen LogP) is 6.03. The number of fused-ring (bicyclic) bond motifs is 1. The molecule has 0 bridgehead atoms. The first-order valence-electron chi connectivity index (χ1n) is 11.5. The van der Waals surface area contributed by atoms with E-state index in [2.05, 4.69) is 22.0 Å². The van der Waals surface area contributed by atoms with Crippen molar-refractivity contribution >= 4 is 22.8 Å². The molecule has 3 aromatic rings. The van der Waals surface area contributed by atoms with Crippen molar-refractivity contribution in [1.29, 1.82) is 0 Å². The second-order valence-corrected chi connectivity index (χ2v) is 9.80. The summed E-state index contributed by atoms with van der Waals surface area (Å²) in [5.41, 5.74) is 3.82. The molecule has 1 saturated carbocycles. The number of nitrogens with zero attached hydrogens (tertiary/aromatic N) is 2. The molecule has 170 valence electrons. The number of hydrogen-bond donors (Lipinski definition) is 1. The van der Waals surface area contributed by atoms with Gasteiger partial charge in [0.2, 0.25) is 0 Å². The number of carbonyl (C=O) groups excluding carboxylic acids is 1. The molecular formula is C26H33N3O3. The van der Waals surface area contributed by atoms with Gasteiger partial charge in [-0.15, -0.1) is 0 Å². The van der Waals surface area contributed by atoms with E-state index >= 15 is 0 Å². The second-order valence-electron chi connectivity index (χ2n) is 9.80. The normalized spacial score (nSPS) is 13.9. The smallest absolute Gasteiger partial charge is 0.411 e. The SMILES string of the molecule is CCOc1ccc(Cc2nc3cc(NC(=O)OCC(C)(C)C)ccc3n2CC2CC2)cc1. The lowest BCUT2D eigenvalue weighted by Crippen LogP contribution is -2.21. The van der Waals surface area contributed by atoms with Crippen LogP contribution in [0.15, 0.2) is 42.5 Å². The number of rotatable bonds is 8. The van der Waals surface area contributed by atoms with Crippen LogP contribution in [0.4, 0.5) is 10.5 Å². The average molecular weight is 436 g/mol. The lowest BCUT2D eigenvalue weighted by Gasteiger charge is -2.18. The zero-order valence-electron chi connectivity index (χ0n) is 19.5. The molecule has 1 aliphatic carbocycles. The van der Waals surface area contributed by atoms with Crippen molar-refractivity contribution in [3.63, 3.8) is 0 Å². The van der Waals surface area contributed by atoms with Crippen LogP contribution in [0.3, 0.4) is 0 Å².